The topological polar surface area (TPSA) is 106 Å². The summed E-state index contributed by atoms with van der Waals surface area (Å²) >= 11 is 0. The van der Waals surface area contributed by atoms with E-state index in [9.17, 15) is 9.83 Å². The molecule has 3 N–H and O–H groups in total. The van der Waals surface area contributed by atoms with Crippen molar-refractivity contribution in [1.82, 2.24) is 20.3 Å². The number of H-pyrrole nitrogens is 1. The van der Waals surface area contributed by atoms with Crippen LogP contribution in [0.25, 0.3) is 22.2 Å². The van der Waals surface area contributed by atoms with E-state index < -0.39 is 13.1 Å². The molecule has 1 saturated heterocycles. The predicted octanol–water partition coefficient (Wildman–Crippen LogP) is 5.12. The number of rotatable bonds is 4. The van der Waals surface area contributed by atoms with Crippen LogP contribution >= 0.6 is 7.14 Å². The number of fused-ring (bicyclic) bond motifs is 2. The van der Waals surface area contributed by atoms with Gasteiger partial charge in [-0.05, 0) is 58.9 Å². The standard InChI is InChI=1S/C26H31F2N6OP/c1-25(2)11-9-16(13-31-25)32-24-33-19-6-5-10-26(27,28)20(19)21(34-24)18-14-30-22-17(18)8-7-15(12-29)23(22)36(3,4)35/h7-8,14,16,30-31H,5-6,9-11,13H2,1-4H3,(H,32,33,34)/t16-/m0/s1. The van der Waals surface area contributed by atoms with Gasteiger partial charge in [0.15, 0.2) is 0 Å². The highest BCUT2D eigenvalue weighted by atomic mass is 31.2. The zero-order valence-corrected chi connectivity index (χ0v) is 21.9. The van der Waals surface area contributed by atoms with Gasteiger partial charge in [-0.2, -0.15) is 5.26 Å². The van der Waals surface area contributed by atoms with Crippen molar-refractivity contribution in [3.63, 3.8) is 0 Å². The molecular weight excluding hydrogens is 481 g/mol. The summed E-state index contributed by atoms with van der Waals surface area (Å²) in [5.41, 5.74) is 1.80. The summed E-state index contributed by atoms with van der Waals surface area (Å²) in [7, 11) is -2.84. The lowest BCUT2D eigenvalue weighted by atomic mass is 9.89. The summed E-state index contributed by atoms with van der Waals surface area (Å²) in [5, 5.41) is 17.5. The molecule has 5 rings (SSSR count). The lowest BCUT2D eigenvalue weighted by Gasteiger charge is -2.36. The summed E-state index contributed by atoms with van der Waals surface area (Å²) in [6.45, 7) is 8.26. The molecular formula is C26H31F2N6OP. The number of anilines is 1. The molecule has 0 spiro atoms. The molecule has 3 heterocycles. The normalized spacial score (nSPS) is 21.1. The van der Waals surface area contributed by atoms with Crippen molar-refractivity contribution >= 4 is 29.3 Å². The number of hydrogen-bond donors (Lipinski definition) is 3. The van der Waals surface area contributed by atoms with Gasteiger partial charge in [0.05, 0.1) is 39.4 Å². The van der Waals surface area contributed by atoms with Crippen molar-refractivity contribution < 1.29 is 13.3 Å². The van der Waals surface area contributed by atoms with Gasteiger partial charge in [-0.15, -0.1) is 0 Å². The fourth-order valence-corrected chi connectivity index (χ4v) is 6.82. The van der Waals surface area contributed by atoms with Gasteiger partial charge in [0, 0.05) is 41.7 Å². The summed E-state index contributed by atoms with van der Waals surface area (Å²) < 4.78 is 43.7. The van der Waals surface area contributed by atoms with Gasteiger partial charge in [0.1, 0.15) is 7.14 Å². The van der Waals surface area contributed by atoms with Gasteiger partial charge >= 0.3 is 0 Å². The molecule has 0 saturated carbocycles. The first-order chi connectivity index (χ1) is 16.9. The predicted molar refractivity (Wildman–Crippen MR) is 139 cm³/mol. The minimum atomic E-state index is -3.05. The second-order valence-electron chi connectivity index (χ2n) is 11.0. The Bertz CT molecular complexity index is 1420. The summed E-state index contributed by atoms with van der Waals surface area (Å²) in [6, 6.07) is 5.53. The number of nitrogens with zero attached hydrogens (tertiary/aromatic N) is 3. The third-order valence-corrected chi connectivity index (χ3v) is 8.82. The third-order valence-electron chi connectivity index (χ3n) is 7.28. The van der Waals surface area contributed by atoms with E-state index in [0.717, 1.165) is 19.4 Å². The van der Waals surface area contributed by atoms with Crippen LogP contribution < -0.4 is 15.9 Å². The number of benzene rings is 1. The maximum absolute atomic E-state index is 15.3. The SMILES string of the molecule is CC1(C)CC[C@H](Nc2nc3c(c(-c4c[nH]c5c(P(C)(C)=O)c(C#N)ccc45)n2)C(F)(F)CCC3)CN1. The van der Waals surface area contributed by atoms with E-state index in [1.807, 2.05) is 0 Å². The van der Waals surface area contributed by atoms with Gasteiger partial charge in [0.25, 0.3) is 5.92 Å². The van der Waals surface area contributed by atoms with Crippen LogP contribution in [-0.2, 0) is 16.9 Å². The monoisotopic (exact) mass is 512 g/mol. The molecule has 1 atom stereocenters. The maximum atomic E-state index is 15.3. The number of aromatic amines is 1. The van der Waals surface area contributed by atoms with Crippen LogP contribution in [0.2, 0.25) is 0 Å². The van der Waals surface area contributed by atoms with E-state index in [1.54, 1.807) is 31.7 Å². The fourth-order valence-electron chi connectivity index (χ4n) is 5.39. The zero-order valence-electron chi connectivity index (χ0n) is 21.0. The summed E-state index contributed by atoms with van der Waals surface area (Å²) in [6.07, 6.45) is 4.08. The van der Waals surface area contributed by atoms with E-state index in [-0.39, 0.29) is 29.3 Å². The van der Waals surface area contributed by atoms with E-state index in [2.05, 4.69) is 45.5 Å². The number of aromatic nitrogens is 3. The fraction of sp³-hybridized carbons (Fsp3) is 0.500. The van der Waals surface area contributed by atoms with Gasteiger partial charge in [0.2, 0.25) is 5.95 Å². The number of alkyl halides is 2. The molecule has 1 aliphatic carbocycles. The highest BCUT2D eigenvalue weighted by Gasteiger charge is 2.42. The van der Waals surface area contributed by atoms with Crippen LogP contribution in [0.4, 0.5) is 14.7 Å². The van der Waals surface area contributed by atoms with Crippen molar-refractivity contribution in [1.29, 1.82) is 5.26 Å². The minimum absolute atomic E-state index is 0.0596. The quantitative estimate of drug-likeness (QED) is 0.419. The Morgan fingerprint density at radius 1 is 1.22 bits per heavy atom. The van der Waals surface area contributed by atoms with Crippen LogP contribution in [0.1, 0.15) is 56.4 Å². The highest BCUT2D eigenvalue weighted by molar-refractivity contribution is 7.70. The second-order valence-corrected chi connectivity index (χ2v) is 14.1. The maximum Gasteiger partial charge on any atom is 0.277 e. The molecule has 7 nitrogen and oxygen atoms in total. The van der Waals surface area contributed by atoms with Crippen molar-refractivity contribution in [2.45, 2.75) is 63.5 Å². The molecule has 0 amide bonds. The largest absolute Gasteiger partial charge is 0.360 e. The Morgan fingerprint density at radius 3 is 2.67 bits per heavy atom. The smallest absolute Gasteiger partial charge is 0.277 e. The molecule has 36 heavy (non-hydrogen) atoms. The number of hydrogen-bond acceptors (Lipinski definition) is 6. The van der Waals surface area contributed by atoms with Crippen molar-refractivity contribution in [2.24, 2.45) is 0 Å². The van der Waals surface area contributed by atoms with Crippen molar-refractivity contribution in [3.8, 4) is 17.3 Å². The highest BCUT2D eigenvalue weighted by Crippen LogP contribution is 2.46. The molecule has 2 aromatic heterocycles. The van der Waals surface area contributed by atoms with Crippen LogP contribution in [0.3, 0.4) is 0 Å². The van der Waals surface area contributed by atoms with Crippen LogP contribution in [0, 0.1) is 11.3 Å². The molecule has 2 aliphatic rings. The van der Waals surface area contributed by atoms with Gasteiger partial charge in [-0.25, -0.2) is 18.7 Å². The first kappa shape index (κ1) is 24.9. The van der Waals surface area contributed by atoms with Gasteiger partial charge in [-0.1, -0.05) is 6.07 Å². The molecule has 0 bridgehead atoms. The Balaban J connectivity index is 1.67. The first-order valence-corrected chi connectivity index (χ1v) is 14.9. The number of nitriles is 1. The number of halogens is 2. The Hall–Kier alpha value is -2.82. The van der Waals surface area contributed by atoms with Crippen molar-refractivity contribution in [2.75, 3.05) is 25.2 Å². The van der Waals surface area contributed by atoms with Gasteiger partial charge in [-0.3, -0.25) is 0 Å². The molecule has 1 aliphatic heterocycles. The minimum Gasteiger partial charge on any atom is -0.360 e. The Labute approximate surface area is 209 Å². The van der Waals surface area contributed by atoms with Crippen molar-refractivity contribution in [3.05, 3.63) is 35.2 Å². The molecule has 0 radical (unpaired) electrons. The van der Waals surface area contributed by atoms with Crippen LogP contribution in [-0.4, -0.2) is 46.4 Å². The van der Waals surface area contributed by atoms with E-state index in [0.29, 0.717) is 51.8 Å². The van der Waals surface area contributed by atoms with E-state index in [4.69, 9.17) is 0 Å². The molecule has 3 aromatic rings. The molecule has 1 fully saturated rings. The lowest BCUT2D eigenvalue weighted by Crippen LogP contribution is -2.50. The summed E-state index contributed by atoms with van der Waals surface area (Å²) in [5.74, 6) is -2.71. The average molecular weight is 513 g/mol. The number of aryl methyl sites for hydroxylation is 1. The lowest BCUT2D eigenvalue weighted by molar-refractivity contribution is -0.0220. The molecule has 10 heteroatoms. The Kier molecular flexibility index (Phi) is 5.96. The molecule has 0 unspecified atom stereocenters. The van der Waals surface area contributed by atoms with Gasteiger partial charge < -0.3 is 20.2 Å². The summed E-state index contributed by atoms with van der Waals surface area (Å²) in [4.78, 5) is 12.3. The van der Waals surface area contributed by atoms with E-state index in [1.165, 1.54) is 0 Å². The Morgan fingerprint density at radius 2 is 2.00 bits per heavy atom. The first-order valence-electron chi connectivity index (χ1n) is 12.3. The third kappa shape index (κ3) is 4.42. The van der Waals surface area contributed by atoms with Crippen LogP contribution in [0.15, 0.2) is 18.3 Å². The average Bonchev–Trinajstić information content (AvgIpc) is 3.22. The number of nitrogens with one attached hydrogen (secondary N) is 3. The zero-order chi connectivity index (χ0) is 25.9. The number of piperidine rings is 1. The second kappa shape index (κ2) is 8.64. The molecule has 1 aromatic carbocycles. The molecule has 190 valence electrons. The van der Waals surface area contributed by atoms with Crippen LogP contribution in [0.5, 0.6) is 0 Å². The van der Waals surface area contributed by atoms with E-state index >= 15 is 8.78 Å².